The van der Waals surface area contributed by atoms with Crippen LogP contribution >= 0.6 is 11.3 Å². The third-order valence-electron chi connectivity index (χ3n) is 6.16. The normalized spacial score (nSPS) is 12.6. The first-order valence-corrected chi connectivity index (χ1v) is 13.3. The molecule has 4 rings (SSSR count). The molecule has 0 aliphatic heterocycles. The molecule has 0 spiro atoms. The van der Waals surface area contributed by atoms with Crippen LogP contribution in [0.2, 0.25) is 0 Å². The van der Waals surface area contributed by atoms with Gasteiger partial charge in [0.1, 0.15) is 10.7 Å². The molecule has 6 nitrogen and oxygen atoms in total. The minimum Gasteiger partial charge on any atom is -0.389 e. The van der Waals surface area contributed by atoms with Gasteiger partial charge in [-0.3, -0.25) is 9.69 Å². The van der Waals surface area contributed by atoms with Gasteiger partial charge in [-0.05, 0) is 42.0 Å². The summed E-state index contributed by atoms with van der Waals surface area (Å²) in [6.45, 7) is 10.7. The Labute approximate surface area is 216 Å². The van der Waals surface area contributed by atoms with Crippen LogP contribution in [0.15, 0.2) is 58.7 Å². The second-order valence-electron chi connectivity index (χ2n) is 9.88. The molecule has 0 fully saturated rings. The van der Waals surface area contributed by atoms with Crippen LogP contribution in [0.4, 0.5) is 0 Å². The summed E-state index contributed by atoms with van der Waals surface area (Å²) in [4.78, 5) is 23.8. The van der Waals surface area contributed by atoms with Crippen molar-refractivity contribution in [1.29, 1.82) is 0 Å². The number of thiophene rings is 1. The Morgan fingerprint density at radius 1 is 1.06 bits per heavy atom. The standard InChI is InChI=1S/C29H35N3O3S/c1-19(2)16-35-17-24(33)14-32(13-22-8-6-5-7-9-22)15-26-30-28(34)27-25(18-36-29(27)31-26)23-11-10-20(3)21(4)12-23/h5-12,18-19,24,33H,13-17H2,1-4H3,(H,30,31,34). The van der Waals surface area contributed by atoms with Crippen LogP contribution in [0.1, 0.15) is 36.4 Å². The van der Waals surface area contributed by atoms with Crippen LogP contribution in [0.3, 0.4) is 0 Å². The number of rotatable bonds is 11. The van der Waals surface area contributed by atoms with Crippen molar-refractivity contribution in [2.45, 2.75) is 46.9 Å². The number of H-pyrrole nitrogens is 1. The summed E-state index contributed by atoms with van der Waals surface area (Å²) in [5.74, 6) is 1.00. The molecular weight excluding hydrogens is 470 g/mol. The molecule has 2 heterocycles. The molecule has 4 aromatic rings. The number of ether oxygens (including phenoxy) is 1. The lowest BCUT2D eigenvalue weighted by molar-refractivity contribution is 0.00517. The zero-order valence-corrected chi connectivity index (χ0v) is 22.3. The number of aromatic amines is 1. The lowest BCUT2D eigenvalue weighted by atomic mass is 10.0. The van der Waals surface area contributed by atoms with E-state index in [0.717, 1.165) is 21.5 Å². The van der Waals surface area contributed by atoms with Crippen LogP contribution < -0.4 is 5.56 Å². The predicted octanol–water partition coefficient (Wildman–Crippen LogP) is 5.30. The first kappa shape index (κ1) is 26.2. The fourth-order valence-corrected chi connectivity index (χ4v) is 5.19. The maximum absolute atomic E-state index is 13.2. The number of nitrogens with zero attached hydrogens (tertiary/aromatic N) is 2. The van der Waals surface area contributed by atoms with Crippen molar-refractivity contribution in [1.82, 2.24) is 14.9 Å². The molecule has 0 radical (unpaired) electrons. The van der Waals surface area contributed by atoms with Crippen LogP contribution in [-0.2, 0) is 17.8 Å². The van der Waals surface area contributed by atoms with E-state index in [9.17, 15) is 9.90 Å². The smallest absolute Gasteiger partial charge is 0.260 e. The monoisotopic (exact) mass is 505 g/mol. The average Bonchev–Trinajstić information content (AvgIpc) is 3.26. The van der Waals surface area contributed by atoms with E-state index < -0.39 is 6.10 Å². The van der Waals surface area contributed by atoms with E-state index >= 15 is 0 Å². The second kappa shape index (κ2) is 11.9. The number of hydrogen-bond acceptors (Lipinski definition) is 6. The van der Waals surface area contributed by atoms with Crippen molar-refractivity contribution in [2.24, 2.45) is 5.92 Å². The summed E-state index contributed by atoms with van der Waals surface area (Å²) in [5.41, 5.74) is 5.36. The molecule has 2 aromatic heterocycles. The van der Waals surface area contributed by atoms with Gasteiger partial charge in [-0.25, -0.2) is 4.98 Å². The molecule has 0 saturated carbocycles. The van der Waals surface area contributed by atoms with Crippen LogP contribution in [0, 0.1) is 19.8 Å². The van der Waals surface area contributed by atoms with Gasteiger partial charge in [0.15, 0.2) is 0 Å². The third kappa shape index (κ3) is 6.68. The van der Waals surface area contributed by atoms with E-state index in [-0.39, 0.29) is 12.2 Å². The zero-order chi connectivity index (χ0) is 25.7. The Bertz CT molecular complexity index is 1350. The summed E-state index contributed by atoms with van der Waals surface area (Å²) in [5, 5.41) is 13.3. The molecule has 0 saturated heterocycles. The zero-order valence-electron chi connectivity index (χ0n) is 21.5. The Balaban J connectivity index is 1.57. The highest BCUT2D eigenvalue weighted by atomic mass is 32.1. The van der Waals surface area contributed by atoms with Gasteiger partial charge in [-0.15, -0.1) is 11.3 Å². The van der Waals surface area contributed by atoms with Gasteiger partial charge in [0, 0.05) is 30.6 Å². The molecule has 0 aliphatic carbocycles. The molecule has 36 heavy (non-hydrogen) atoms. The Morgan fingerprint density at radius 3 is 2.56 bits per heavy atom. The molecule has 0 aliphatic rings. The van der Waals surface area contributed by atoms with Crippen LogP contribution in [-0.4, -0.2) is 45.8 Å². The number of aryl methyl sites for hydroxylation is 2. The summed E-state index contributed by atoms with van der Waals surface area (Å²) in [6, 6.07) is 16.4. The van der Waals surface area contributed by atoms with Crippen molar-refractivity contribution in [3.05, 3.63) is 86.8 Å². The first-order chi connectivity index (χ1) is 17.3. The van der Waals surface area contributed by atoms with Gasteiger partial charge in [0.25, 0.3) is 5.56 Å². The highest BCUT2D eigenvalue weighted by molar-refractivity contribution is 7.17. The van der Waals surface area contributed by atoms with E-state index in [1.165, 1.54) is 22.5 Å². The van der Waals surface area contributed by atoms with Gasteiger partial charge in [-0.1, -0.05) is 62.4 Å². The lowest BCUT2D eigenvalue weighted by Crippen LogP contribution is -2.35. The van der Waals surface area contributed by atoms with E-state index in [4.69, 9.17) is 9.72 Å². The second-order valence-corrected chi connectivity index (χ2v) is 10.7. The third-order valence-corrected chi connectivity index (χ3v) is 7.04. The largest absolute Gasteiger partial charge is 0.389 e. The fraction of sp³-hybridized carbons (Fsp3) is 0.379. The molecule has 190 valence electrons. The summed E-state index contributed by atoms with van der Waals surface area (Å²) in [7, 11) is 0. The maximum Gasteiger partial charge on any atom is 0.260 e. The van der Waals surface area contributed by atoms with E-state index in [1.807, 2.05) is 23.6 Å². The highest BCUT2D eigenvalue weighted by Gasteiger charge is 2.18. The van der Waals surface area contributed by atoms with E-state index in [0.29, 0.717) is 43.4 Å². The minimum atomic E-state index is -0.638. The van der Waals surface area contributed by atoms with Crippen molar-refractivity contribution in [3.8, 4) is 11.1 Å². The average molecular weight is 506 g/mol. The van der Waals surface area contributed by atoms with Crippen molar-refractivity contribution < 1.29 is 9.84 Å². The minimum absolute atomic E-state index is 0.134. The molecule has 0 amide bonds. The number of aliphatic hydroxyl groups excluding tert-OH is 1. The van der Waals surface area contributed by atoms with Gasteiger partial charge >= 0.3 is 0 Å². The van der Waals surface area contributed by atoms with Gasteiger partial charge in [-0.2, -0.15) is 0 Å². The summed E-state index contributed by atoms with van der Waals surface area (Å²) >= 11 is 1.49. The van der Waals surface area contributed by atoms with E-state index in [1.54, 1.807) is 0 Å². The molecular formula is C29H35N3O3S. The molecule has 1 unspecified atom stereocenters. The Kier molecular flexibility index (Phi) is 8.69. The molecule has 2 aromatic carbocycles. The number of aromatic nitrogens is 2. The first-order valence-electron chi connectivity index (χ1n) is 12.4. The summed E-state index contributed by atoms with van der Waals surface area (Å²) in [6.07, 6.45) is -0.638. The number of aliphatic hydroxyl groups is 1. The van der Waals surface area contributed by atoms with Crippen molar-refractivity contribution in [3.63, 3.8) is 0 Å². The Morgan fingerprint density at radius 2 is 1.83 bits per heavy atom. The van der Waals surface area contributed by atoms with Crippen LogP contribution in [0.25, 0.3) is 21.3 Å². The van der Waals surface area contributed by atoms with Gasteiger partial charge < -0.3 is 14.8 Å². The van der Waals surface area contributed by atoms with Crippen molar-refractivity contribution >= 4 is 21.6 Å². The summed E-state index contributed by atoms with van der Waals surface area (Å²) < 4.78 is 5.65. The topological polar surface area (TPSA) is 78.5 Å². The highest BCUT2D eigenvalue weighted by Crippen LogP contribution is 2.31. The quantitative estimate of drug-likeness (QED) is 0.289. The SMILES string of the molecule is Cc1ccc(-c2csc3nc(CN(Cc4ccccc4)CC(O)COCC(C)C)[nH]c(=O)c23)cc1C. The molecule has 1 atom stereocenters. The number of benzene rings is 2. The van der Waals surface area contributed by atoms with Crippen molar-refractivity contribution in [2.75, 3.05) is 19.8 Å². The van der Waals surface area contributed by atoms with Gasteiger partial charge in [0.2, 0.25) is 0 Å². The lowest BCUT2D eigenvalue weighted by Gasteiger charge is -2.25. The number of hydrogen-bond donors (Lipinski definition) is 2. The molecule has 7 heteroatoms. The van der Waals surface area contributed by atoms with Gasteiger partial charge in [0.05, 0.1) is 24.6 Å². The number of fused-ring (bicyclic) bond motifs is 1. The molecule has 0 bridgehead atoms. The molecule has 2 N–H and O–H groups in total. The number of nitrogens with one attached hydrogen (secondary N) is 1. The van der Waals surface area contributed by atoms with E-state index in [2.05, 4.69) is 67.9 Å². The Hall–Kier alpha value is -2.84. The predicted molar refractivity (Wildman–Crippen MR) is 147 cm³/mol. The maximum atomic E-state index is 13.2. The van der Waals surface area contributed by atoms with Crippen LogP contribution in [0.5, 0.6) is 0 Å². The fourth-order valence-electron chi connectivity index (χ4n) is 4.22.